The van der Waals surface area contributed by atoms with Crippen LogP contribution in [0.2, 0.25) is 0 Å². The summed E-state index contributed by atoms with van der Waals surface area (Å²) >= 11 is 0. The molecule has 0 aliphatic rings. The fraction of sp³-hybridized carbons (Fsp3) is 0.731. The zero-order chi connectivity index (χ0) is 22.6. The Morgan fingerprint density at radius 2 is 1.42 bits per heavy atom. The van der Waals surface area contributed by atoms with Gasteiger partial charge in [0.25, 0.3) is 0 Å². The molecule has 5 nitrogen and oxygen atoms in total. The molecule has 0 aliphatic carbocycles. The molecule has 31 heavy (non-hydrogen) atoms. The van der Waals surface area contributed by atoms with Crippen molar-refractivity contribution in [2.75, 3.05) is 19.8 Å². The number of rotatable bonds is 20. The van der Waals surface area contributed by atoms with Crippen LogP contribution >= 0.6 is 0 Å². The number of aliphatic hydroxyl groups is 2. The van der Waals surface area contributed by atoms with Gasteiger partial charge in [-0.3, -0.25) is 4.99 Å². The number of unbranched alkanes of at least 4 members (excludes halogenated alkanes) is 13. The Balaban J connectivity index is 1.99. The molecule has 1 atom stereocenters. The lowest BCUT2D eigenvalue weighted by atomic mass is 10.0. The predicted octanol–water partition coefficient (Wildman–Crippen LogP) is 6.02. The van der Waals surface area contributed by atoms with Crippen molar-refractivity contribution >= 4 is 6.21 Å². The lowest BCUT2D eigenvalue weighted by Gasteiger charge is -2.08. The monoisotopic (exact) mass is 435 g/mol. The second kappa shape index (κ2) is 19.1. The van der Waals surface area contributed by atoms with Crippen LogP contribution in [0.1, 0.15) is 102 Å². The first-order valence-electron chi connectivity index (χ1n) is 12.4. The third-order valence-corrected chi connectivity index (χ3v) is 5.53. The molecule has 0 fully saturated rings. The molecule has 1 aromatic rings. The summed E-state index contributed by atoms with van der Waals surface area (Å²) in [4.78, 5) is 4.01. The maximum atomic E-state index is 10.1. The zero-order valence-corrected chi connectivity index (χ0v) is 19.6. The molecule has 178 valence electrons. The van der Waals surface area contributed by atoms with Crippen LogP contribution in [0.5, 0.6) is 11.5 Å². The summed E-state index contributed by atoms with van der Waals surface area (Å²) in [7, 11) is 0. The van der Waals surface area contributed by atoms with Gasteiger partial charge >= 0.3 is 0 Å². The lowest BCUT2D eigenvalue weighted by Crippen LogP contribution is -2.15. The van der Waals surface area contributed by atoms with Gasteiger partial charge in [0.15, 0.2) is 0 Å². The lowest BCUT2D eigenvalue weighted by molar-refractivity contribution is 0.102. The summed E-state index contributed by atoms with van der Waals surface area (Å²) in [6, 6.07) is 5.14. The molecule has 3 N–H and O–H groups in total. The van der Waals surface area contributed by atoms with Crippen molar-refractivity contribution in [3.05, 3.63) is 23.8 Å². The first kappa shape index (κ1) is 27.4. The summed E-state index contributed by atoms with van der Waals surface area (Å²) in [5.41, 5.74) is 0.564. The molecular formula is C26H45NO4. The fourth-order valence-electron chi connectivity index (χ4n) is 3.54. The largest absolute Gasteiger partial charge is 0.507 e. The van der Waals surface area contributed by atoms with Gasteiger partial charge in [-0.2, -0.15) is 0 Å². The number of aromatic hydroxyl groups is 1. The Labute approximate surface area is 189 Å². The average molecular weight is 436 g/mol. The van der Waals surface area contributed by atoms with Crippen molar-refractivity contribution in [1.82, 2.24) is 0 Å². The molecule has 5 heteroatoms. The van der Waals surface area contributed by atoms with Crippen LogP contribution < -0.4 is 4.74 Å². The van der Waals surface area contributed by atoms with Crippen LogP contribution in [0.3, 0.4) is 0 Å². The molecule has 0 spiro atoms. The number of hydrogen-bond acceptors (Lipinski definition) is 5. The van der Waals surface area contributed by atoms with E-state index in [1.807, 2.05) is 6.07 Å². The second-order valence-electron chi connectivity index (χ2n) is 8.50. The van der Waals surface area contributed by atoms with E-state index >= 15 is 0 Å². The van der Waals surface area contributed by atoms with Gasteiger partial charge in [0.1, 0.15) is 11.5 Å². The molecule has 0 saturated heterocycles. The number of benzene rings is 1. The van der Waals surface area contributed by atoms with E-state index in [1.54, 1.807) is 12.1 Å². The first-order chi connectivity index (χ1) is 15.2. The Hall–Kier alpha value is -1.59. The number of nitrogens with zero attached hydrogens (tertiary/aromatic N) is 1. The van der Waals surface area contributed by atoms with Gasteiger partial charge in [-0.15, -0.1) is 0 Å². The van der Waals surface area contributed by atoms with Gasteiger partial charge in [-0.1, -0.05) is 90.4 Å². The minimum Gasteiger partial charge on any atom is -0.507 e. The summed E-state index contributed by atoms with van der Waals surface area (Å²) in [6.45, 7) is 2.71. The Bertz CT molecular complexity index is 577. The van der Waals surface area contributed by atoms with Crippen LogP contribution in [0.25, 0.3) is 0 Å². The molecule has 0 saturated carbocycles. The Morgan fingerprint density at radius 1 is 0.871 bits per heavy atom. The Morgan fingerprint density at radius 3 is 1.94 bits per heavy atom. The summed E-state index contributed by atoms with van der Waals surface area (Å²) in [6.07, 6.45) is 19.3. The van der Waals surface area contributed by atoms with Gasteiger partial charge < -0.3 is 20.1 Å². The highest BCUT2D eigenvalue weighted by Crippen LogP contribution is 2.22. The number of ether oxygens (including phenoxy) is 1. The van der Waals surface area contributed by atoms with Crippen LogP contribution in [0.15, 0.2) is 23.2 Å². The van der Waals surface area contributed by atoms with E-state index in [-0.39, 0.29) is 18.9 Å². The SMILES string of the molecule is CCCCCCCCCCCCCCCCOc1ccc(C=NCC(O)CO)c(O)c1. The van der Waals surface area contributed by atoms with Crippen molar-refractivity contribution in [3.8, 4) is 11.5 Å². The van der Waals surface area contributed by atoms with E-state index in [2.05, 4.69) is 11.9 Å². The minimum absolute atomic E-state index is 0.0979. The molecule has 0 amide bonds. The van der Waals surface area contributed by atoms with E-state index in [0.717, 1.165) is 6.42 Å². The molecule has 1 rings (SSSR count). The maximum absolute atomic E-state index is 10.1. The first-order valence-corrected chi connectivity index (χ1v) is 12.4. The van der Waals surface area contributed by atoms with Crippen molar-refractivity contribution < 1.29 is 20.1 Å². The Kier molecular flexibility index (Phi) is 16.9. The van der Waals surface area contributed by atoms with Gasteiger partial charge in [-0.25, -0.2) is 0 Å². The molecule has 0 bridgehead atoms. The number of hydrogen-bond donors (Lipinski definition) is 3. The molecular weight excluding hydrogens is 390 g/mol. The van der Waals surface area contributed by atoms with E-state index in [4.69, 9.17) is 9.84 Å². The minimum atomic E-state index is -0.869. The van der Waals surface area contributed by atoms with Gasteiger partial charge in [0, 0.05) is 17.8 Å². The van der Waals surface area contributed by atoms with E-state index in [9.17, 15) is 10.2 Å². The van der Waals surface area contributed by atoms with E-state index in [0.29, 0.717) is 17.9 Å². The normalized spacial score (nSPS) is 12.5. The topological polar surface area (TPSA) is 82.3 Å². The molecule has 0 aliphatic heterocycles. The van der Waals surface area contributed by atoms with Crippen molar-refractivity contribution in [2.45, 2.75) is 103 Å². The van der Waals surface area contributed by atoms with Crippen molar-refractivity contribution in [3.63, 3.8) is 0 Å². The molecule has 0 heterocycles. The third kappa shape index (κ3) is 14.9. The third-order valence-electron chi connectivity index (χ3n) is 5.53. The van der Waals surface area contributed by atoms with Crippen LogP contribution in [0, 0.1) is 0 Å². The van der Waals surface area contributed by atoms with Crippen LogP contribution in [0.4, 0.5) is 0 Å². The molecule has 1 aromatic carbocycles. The quantitative estimate of drug-likeness (QED) is 0.173. The van der Waals surface area contributed by atoms with Gasteiger partial charge in [0.2, 0.25) is 0 Å². The highest BCUT2D eigenvalue weighted by molar-refractivity contribution is 5.83. The van der Waals surface area contributed by atoms with Crippen molar-refractivity contribution in [1.29, 1.82) is 0 Å². The van der Waals surface area contributed by atoms with Crippen molar-refractivity contribution in [2.24, 2.45) is 4.99 Å². The smallest absolute Gasteiger partial charge is 0.128 e. The molecule has 1 unspecified atom stereocenters. The summed E-state index contributed by atoms with van der Waals surface area (Å²) in [5, 5.41) is 28.1. The summed E-state index contributed by atoms with van der Waals surface area (Å²) in [5.74, 6) is 0.750. The zero-order valence-electron chi connectivity index (χ0n) is 19.6. The highest BCUT2D eigenvalue weighted by Gasteiger charge is 2.03. The predicted molar refractivity (Wildman–Crippen MR) is 129 cm³/mol. The van der Waals surface area contributed by atoms with E-state index in [1.165, 1.54) is 89.7 Å². The van der Waals surface area contributed by atoms with Crippen LogP contribution in [-0.2, 0) is 0 Å². The molecule has 0 aromatic heterocycles. The molecule has 0 radical (unpaired) electrons. The van der Waals surface area contributed by atoms with Crippen LogP contribution in [-0.4, -0.2) is 47.4 Å². The average Bonchev–Trinajstić information content (AvgIpc) is 2.77. The number of aliphatic imine (C=N–C) groups is 1. The van der Waals surface area contributed by atoms with Gasteiger partial charge in [-0.05, 0) is 18.6 Å². The summed E-state index contributed by atoms with van der Waals surface area (Å²) < 4.78 is 5.73. The fourth-order valence-corrected chi connectivity index (χ4v) is 3.54. The highest BCUT2D eigenvalue weighted by atomic mass is 16.5. The maximum Gasteiger partial charge on any atom is 0.128 e. The second-order valence-corrected chi connectivity index (χ2v) is 8.50. The van der Waals surface area contributed by atoms with Gasteiger partial charge in [0.05, 0.1) is 25.9 Å². The number of phenols is 1. The standard InChI is InChI=1S/C26H45NO4/c1-2-3-4-5-6-7-8-9-10-11-12-13-14-15-18-31-25-17-16-23(26(30)19-25)20-27-21-24(29)22-28/h16-17,19-20,24,28-30H,2-15,18,21-22H2,1H3. The number of phenolic OH excluding ortho intramolecular Hbond substituents is 1. The van der Waals surface area contributed by atoms with E-state index < -0.39 is 6.10 Å². The number of aliphatic hydroxyl groups excluding tert-OH is 2.